The van der Waals surface area contributed by atoms with E-state index in [0.29, 0.717) is 0 Å². The summed E-state index contributed by atoms with van der Waals surface area (Å²) in [5.74, 6) is 0. The predicted octanol–water partition coefficient (Wildman–Crippen LogP) is 3.63. The van der Waals surface area contributed by atoms with Gasteiger partial charge in [-0.25, -0.2) is 0 Å². The summed E-state index contributed by atoms with van der Waals surface area (Å²) in [6.45, 7) is 6.12. The Balaban J connectivity index is 1.88. The first kappa shape index (κ1) is 13.6. The van der Waals surface area contributed by atoms with Crippen molar-refractivity contribution in [3.8, 4) is 0 Å². The minimum absolute atomic E-state index is 0.900. The van der Waals surface area contributed by atoms with Crippen molar-refractivity contribution in [2.75, 3.05) is 12.4 Å². The molecule has 0 fully saturated rings. The molecule has 2 rings (SSSR count). The normalized spacial score (nSPS) is 10.5. The molecule has 0 atom stereocenters. The van der Waals surface area contributed by atoms with Crippen LogP contribution in [0.25, 0.3) is 0 Å². The van der Waals surface area contributed by atoms with Crippen LogP contribution < -0.4 is 10.6 Å². The summed E-state index contributed by atoms with van der Waals surface area (Å²) >= 11 is 0. The Hall–Kier alpha value is -1.80. The van der Waals surface area contributed by atoms with E-state index >= 15 is 0 Å². The van der Waals surface area contributed by atoms with E-state index in [-0.39, 0.29) is 0 Å². The van der Waals surface area contributed by atoms with Crippen molar-refractivity contribution in [1.29, 1.82) is 0 Å². The van der Waals surface area contributed by atoms with Crippen molar-refractivity contribution in [1.82, 2.24) is 5.32 Å². The van der Waals surface area contributed by atoms with Crippen LogP contribution in [0.4, 0.5) is 5.69 Å². The largest absolute Gasteiger partial charge is 0.388 e. The van der Waals surface area contributed by atoms with Gasteiger partial charge in [-0.3, -0.25) is 0 Å². The monoisotopic (exact) mass is 254 g/mol. The minimum Gasteiger partial charge on any atom is -0.388 e. The smallest absolute Gasteiger partial charge is 0.0337 e. The summed E-state index contributed by atoms with van der Waals surface area (Å²) in [5, 5.41) is 6.62. The Labute approximate surface area is 115 Å². The maximum atomic E-state index is 3.50. The molecule has 2 nitrogen and oxygen atoms in total. The fourth-order valence-electron chi connectivity index (χ4n) is 2.17. The summed E-state index contributed by atoms with van der Waals surface area (Å²) in [6.07, 6.45) is 0. The molecule has 0 saturated carbocycles. The van der Waals surface area contributed by atoms with Crippen LogP contribution in [-0.2, 0) is 13.1 Å². The van der Waals surface area contributed by atoms with Crippen LogP contribution in [0.2, 0.25) is 0 Å². The molecule has 0 saturated heterocycles. The molecule has 0 aromatic heterocycles. The molecular weight excluding hydrogens is 232 g/mol. The van der Waals surface area contributed by atoms with Gasteiger partial charge < -0.3 is 10.6 Å². The van der Waals surface area contributed by atoms with E-state index in [2.05, 4.69) is 66.9 Å². The van der Waals surface area contributed by atoms with Crippen LogP contribution >= 0.6 is 0 Å². The third kappa shape index (κ3) is 3.83. The molecule has 0 radical (unpaired) electrons. The zero-order valence-corrected chi connectivity index (χ0v) is 12.0. The van der Waals surface area contributed by atoms with E-state index in [9.17, 15) is 0 Å². The molecule has 2 heteroatoms. The Bertz CT molecular complexity index is 529. The van der Waals surface area contributed by atoms with Crippen molar-refractivity contribution in [2.24, 2.45) is 0 Å². The molecule has 0 amide bonds. The van der Waals surface area contributed by atoms with E-state index in [0.717, 1.165) is 18.8 Å². The molecule has 2 aromatic carbocycles. The summed E-state index contributed by atoms with van der Waals surface area (Å²) < 4.78 is 0. The Morgan fingerprint density at radius 3 is 2.26 bits per heavy atom. The molecule has 19 heavy (non-hydrogen) atoms. The van der Waals surface area contributed by atoms with E-state index in [4.69, 9.17) is 0 Å². The highest BCUT2D eigenvalue weighted by Gasteiger charge is 1.99. The van der Waals surface area contributed by atoms with Crippen LogP contribution in [-0.4, -0.2) is 7.05 Å². The third-order valence-electron chi connectivity index (χ3n) is 3.39. The van der Waals surface area contributed by atoms with E-state index in [1.165, 1.54) is 22.3 Å². The number of anilines is 1. The van der Waals surface area contributed by atoms with Crippen molar-refractivity contribution in [2.45, 2.75) is 26.9 Å². The van der Waals surface area contributed by atoms with Crippen LogP contribution in [0.1, 0.15) is 22.3 Å². The highest BCUT2D eigenvalue weighted by Crippen LogP contribution is 2.11. The lowest BCUT2D eigenvalue weighted by atomic mass is 10.1. The van der Waals surface area contributed by atoms with Crippen molar-refractivity contribution in [3.05, 3.63) is 64.7 Å². The molecule has 0 aliphatic heterocycles. The second kappa shape index (κ2) is 6.39. The number of benzene rings is 2. The molecule has 0 aliphatic rings. The summed E-state index contributed by atoms with van der Waals surface area (Å²) in [4.78, 5) is 0. The zero-order chi connectivity index (χ0) is 13.7. The first-order chi connectivity index (χ1) is 9.19. The topological polar surface area (TPSA) is 24.1 Å². The van der Waals surface area contributed by atoms with Crippen molar-refractivity contribution >= 4 is 5.69 Å². The van der Waals surface area contributed by atoms with Crippen molar-refractivity contribution < 1.29 is 0 Å². The fourth-order valence-corrected chi connectivity index (χ4v) is 2.17. The van der Waals surface area contributed by atoms with Gasteiger partial charge in [-0.15, -0.1) is 0 Å². The van der Waals surface area contributed by atoms with Gasteiger partial charge in [0.2, 0.25) is 0 Å². The number of aryl methyl sites for hydroxylation is 2. The molecular formula is C17H22N2. The number of nitrogens with one attached hydrogen (secondary N) is 2. The molecule has 100 valence electrons. The number of hydrogen-bond acceptors (Lipinski definition) is 2. The standard InChI is InChI=1S/C17H22N2/c1-13-4-7-16(14(2)10-13)12-19-11-15-5-8-17(18-3)9-6-15/h4-10,18-19H,11-12H2,1-3H3. The van der Waals surface area contributed by atoms with Gasteiger partial charge in [-0.05, 0) is 42.7 Å². The highest BCUT2D eigenvalue weighted by atomic mass is 14.8. The zero-order valence-electron chi connectivity index (χ0n) is 12.0. The molecule has 0 spiro atoms. The second-order valence-electron chi connectivity index (χ2n) is 4.98. The molecule has 2 aromatic rings. The highest BCUT2D eigenvalue weighted by molar-refractivity contribution is 5.43. The van der Waals surface area contributed by atoms with Crippen molar-refractivity contribution in [3.63, 3.8) is 0 Å². The Kier molecular flexibility index (Phi) is 4.58. The van der Waals surface area contributed by atoms with Gasteiger partial charge in [0, 0.05) is 25.8 Å². The van der Waals surface area contributed by atoms with Crippen LogP contribution in [0.15, 0.2) is 42.5 Å². The molecule has 2 N–H and O–H groups in total. The predicted molar refractivity (Wildman–Crippen MR) is 82.4 cm³/mol. The Morgan fingerprint density at radius 1 is 0.895 bits per heavy atom. The minimum atomic E-state index is 0.900. The van der Waals surface area contributed by atoms with E-state index in [1.54, 1.807) is 0 Å². The average Bonchev–Trinajstić information content (AvgIpc) is 2.42. The van der Waals surface area contributed by atoms with Gasteiger partial charge in [0.05, 0.1) is 0 Å². The number of rotatable bonds is 5. The fraction of sp³-hybridized carbons (Fsp3) is 0.294. The number of hydrogen-bond donors (Lipinski definition) is 2. The van der Waals surface area contributed by atoms with Gasteiger partial charge >= 0.3 is 0 Å². The molecule has 0 heterocycles. The van der Waals surface area contributed by atoms with Crippen LogP contribution in [0, 0.1) is 13.8 Å². The maximum Gasteiger partial charge on any atom is 0.0337 e. The van der Waals surface area contributed by atoms with Crippen LogP contribution in [0.5, 0.6) is 0 Å². The first-order valence-electron chi connectivity index (χ1n) is 6.72. The van der Waals surface area contributed by atoms with Gasteiger partial charge in [0.15, 0.2) is 0 Å². The van der Waals surface area contributed by atoms with Gasteiger partial charge in [-0.1, -0.05) is 35.9 Å². The van der Waals surface area contributed by atoms with Gasteiger partial charge in [0.1, 0.15) is 0 Å². The summed E-state index contributed by atoms with van der Waals surface area (Å²) in [7, 11) is 1.94. The van der Waals surface area contributed by atoms with E-state index < -0.39 is 0 Å². The van der Waals surface area contributed by atoms with Gasteiger partial charge in [-0.2, -0.15) is 0 Å². The molecule has 0 unspecified atom stereocenters. The lowest BCUT2D eigenvalue weighted by Gasteiger charge is -2.09. The van der Waals surface area contributed by atoms with Crippen LogP contribution in [0.3, 0.4) is 0 Å². The van der Waals surface area contributed by atoms with E-state index in [1.807, 2.05) is 7.05 Å². The molecule has 0 bridgehead atoms. The summed E-state index contributed by atoms with van der Waals surface area (Å²) in [6, 6.07) is 15.1. The SMILES string of the molecule is CNc1ccc(CNCc2ccc(C)cc2C)cc1. The lowest BCUT2D eigenvalue weighted by Crippen LogP contribution is -2.13. The quantitative estimate of drug-likeness (QED) is 0.851. The summed E-state index contributed by atoms with van der Waals surface area (Å²) in [5.41, 5.74) is 6.52. The first-order valence-corrected chi connectivity index (χ1v) is 6.72. The third-order valence-corrected chi connectivity index (χ3v) is 3.39. The van der Waals surface area contributed by atoms with Gasteiger partial charge in [0.25, 0.3) is 0 Å². The lowest BCUT2D eigenvalue weighted by molar-refractivity contribution is 0.690. The molecule has 0 aliphatic carbocycles. The Morgan fingerprint density at radius 2 is 1.63 bits per heavy atom. The second-order valence-corrected chi connectivity index (χ2v) is 4.98. The maximum absolute atomic E-state index is 3.50. The average molecular weight is 254 g/mol.